The van der Waals surface area contributed by atoms with E-state index in [1.54, 1.807) is 0 Å². The van der Waals surface area contributed by atoms with E-state index < -0.39 is 15.8 Å². The number of halogens is 2. The maximum Gasteiger partial charge on any atom is 0.265 e. The highest BCUT2D eigenvalue weighted by Crippen LogP contribution is 2.21. The molecule has 1 aromatic heterocycles. The fourth-order valence-corrected chi connectivity index (χ4v) is 2.47. The van der Waals surface area contributed by atoms with Gasteiger partial charge in [0, 0.05) is 10.7 Å². The van der Waals surface area contributed by atoms with E-state index in [1.165, 1.54) is 24.4 Å². The molecular weight excluding hydrogens is 313 g/mol. The maximum atomic E-state index is 13.4. The third kappa shape index (κ3) is 2.64. The summed E-state index contributed by atoms with van der Waals surface area (Å²) in [6.07, 6.45) is 2.35. The molecule has 0 saturated heterocycles. The molecule has 0 unspecified atom stereocenters. The summed E-state index contributed by atoms with van der Waals surface area (Å²) in [6, 6.07) is 4.04. The second-order valence-corrected chi connectivity index (χ2v) is 5.76. The van der Waals surface area contributed by atoms with E-state index in [0.29, 0.717) is 4.47 Å². The number of hydrogen-bond acceptors (Lipinski definition) is 3. The summed E-state index contributed by atoms with van der Waals surface area (Å²) in [7, 11) is -3.80. The minimum Gasteiger partial charge on any atom is -0.284 e. The van der Waals surface area contributed by atoms with Gasteiger partial charge in [-0.15, -0.1) is 0 Å². The van der Waals surface area contributed by atoms with Gasteiger partial charge in [0.15, 0.2) is 0 Å². The molecule has 8 heteroatoms. The molecule has 0 spiro atoms. The summed E-state index contributed by atoms with van der Waals surface area (Å²) in [5.41, 5.74) is -0.116. The first-order valence-corrected chi connectivity index (χ1v) is 6.73. The van der Waals surface area contributed by atoms with Gasteiger partial charge in [-0.2, -0.15) is 5.10 Å². The summed E-state index contributed by atoms with van der Waals surface area (Å²) in [5, 5.41) is 5.90. The molecule has 90 valence electrons. The Labute approximate surface area is 105 Å². The molecular formula is C9H7BrFN3O2S. The van der Waals surface area contributed by atoms with E-state index in [0.717, 1.165) is 6.20 Å². The predicted molar refractivity (Wildman–Crippen MR) is 63.5 cm³/mol. The molecule has 2 N–H and O–H groups in total. The molecule has 0 fully saturated rings. The van der Waals surface area contributed by atoms with Crippen LogP contribution in [0.2, 0.25) is 0 Å². The third-order valence-corrected chi connectivity index (χ3v) is 3.78. The fraction of sp³-hybridized carbons (Fsp3) is 0. The number of nitrogens with zero attached hydrogens (tertiary/aromatic N) is 1. The van der Waals surface area contributed by atoms with Crippen LogP contribution in [0.25, 0.3) is 0 Å². The monoisotopic (exact) mass is 319 g/mol. The molecule has 0 aliphatic heterocycles. The van der Waals surface area contributed by atoms with Crippen LogP contribution in [0, 0.1) is 5.82 Å². The first-order chi connectivity index (χ1) is 7.99. The average Bonchev–Trinajstić information content (AvgIpc) is 2.76. The highest BCUT2D eigenvalue weighted by atomic mass is 79.9. The van der Waals surface area contributed by atoms with Gasteiger partial charge in [0.05, 0.1) is 11.9 Å². The Balaban J connectivity index is 2.33. The van der Waals surface area contributed by atoms with Crippen molar-refractivity contribution in [2.75, 3.05) is 4.72 Å². The normalized spacial score (nSPS) is 11.4. The fourth-order valence-electron chi connectivity index (χ4n) is 1.16. The molecule has 1 aromatic carbocycles. The first-order valence-electron chi connectivity index (χ1n) is 4.46. The van der Waals surface area contributed by atoms with Crippen LogP contribution in [-0.4, -0.2) is 18.6 Å². The Morgan fingerprint density at radius 3 is 2.76 bits per heavy atom. The summed E-state index contributed by atoms with van der Waals surface area (Å²) in [4.78, 5) is -0.0557. The smallest absolute Gasteiger partial charge is 0.265 e. The Bertz CT molecular complexity index is 628. The Morgan fingerprint density at radius 1 is 1.41 bits per heavy atom. The van der Waals surface area contributed by atoms with E-state index in [2.05, 4.69) is 30.8 Å². The van der Waals surface area contributed by atoms with Crippen LogP contribution in [0.3, 0.4) is 0 Å². The summed E-state index contributed by atoms with van der Waals surface area (Å²) < 4.78 is 39.6. The van der Waals surface area contributed by atoms with Crippen LogP contribution >= 0.6 is 15.9 Å². The third-order valence-electron chi connectivity index (χ3n) is 1.96. The lowest BCUT2D eigenvalue weighted by atomic mass is 10.3. The number of sulfonamides is 1. The average molecular weight is 320 g/mol. The zero-order chi connectivity index (χ0) is 12.5. The second-order valence-electron chi connectivity index (χ2n) is 3.16. The number of aromatic amines is 1. The van der Waals surface area contributed by atoms with Crippen LogP contribution in [0.4, 0.5) is 10.1 Å². The van der Waals surface area contributed by atoms with Crippen molar-refractivity contribution in [2.45, 2.75) is 4.90 Å². The van der Waals surface area contributed by atoms with E-state index >= 15 is 0 Å². The van der Waals surface area contributed by atoms with Crippen molar-refractivity contribution < 1.29 is 12.8 Å². The van der Waals surface area contributed by atoms with Crippen molar-refractivity contribution >= 4 is 31.6 Å². The number of anilines is 1. The van der Waals surface area contributed by atoms with Crippen LogP contribution in [0.15, 0.2) is 40.0 Å². The van der Waals surface area contributed by atoms with Gasteiger partial charge >= 0.3 is 0 Å². The maximum absolute atomic E-state index is 13.4. The predicted octanol–water partition coefficient (Wildman–Crippen LogP) is 2.11. The number of benzene rings is 1. The number of H-pyrrole nitrogens is 1. The van der Waals surface area contributed by atoms with Crippen molar-refractivity contribution in [1.82, 2.24) is 10.2 Å². The van der Waals surface area contributed by atoms with Crippen molar-refractivity contribution in [2.24, 2.45) is 0 Å². The van der Waals surface area contributed by atoms with Gasteiger partial charge in [0.2, 0.25) is 0 Å². The summed E-state index contributed by atoms with van der Waals surface area (Å²) in [6.45, 7) is 0. The molecule has 0 atom stereocenters. The molecule has 0 radical (unpaired) electrons. The highest BCUT2D eigenvalue weighted by Gasteiger charge is 2.17. The van der Waals surface area contributed by atoms with Crippen LogP contribution in [0.1, 0.15) is 0 Å². The quantitative estimate of drug-likeness (QED) is 0.909. The van der Waals surface area contributed by atoms with E-state index in [1.807, 2.05) is 0 Å². The molecule has 2 rings (SSSR count). The number of nitrogens with one attached hydrogen (secondary N) is 2. The van der Waals surface area contributed by atoms with Crippen molar-refractivity contribution in [3.8, 4) is 0 Å². The molecule has 0 bridgehead atoms. The molecule has 1 heterocycles. The van der Waals surface area contributed by atoms with Crippen molar-refractivity contribution in [3.05, 3.63) is 40.9 Å². The van der Waals surface area contributed by atoms with Gasteiger partial charge in [-0.25, -0.2) is 12.8 Å². The molecule has 0 amide bonds. The number of aromatic nitrogens is 2. The van der Waals surface area contributed by atoms with Crippen LogP contribution in [0.5, 0.6) is 0 Å². The van der Waals surface area contributed by atoms with Gasteiger partial charge in [0.25, 0.3) is 10.0 Å². The molecule has 17 heavy (non-hydrogen) atoms. The van der Waals surface area contributed by atoms with E-state index in [-0.39, 0.29) is 10.6 Å². The SMILES string of the molecule is O=S(=O)(Nc1ccc(Br)cc1F)c1cn[nH]c1. The Morgan fingerprint density at radius 2 is 2.18 bits per heavy atom. The highest BCUT2D eigenvalue weighted by molar-refractivity contribution is 9.10. The van der Waals surface area contributed by atoms with Crippen molar-refractivity contribution in [1.29, 1.82) is 0 Å². The topological polar surface area (TPSA) is 74.8 Å². The minimum absolute atomic E-state index is 0.0557. The molecule has 0 aliphatic rings. The number of hydrogen-bond donors (Lipinski definition) is 2. The zero-order valence-corrected chi connectivity index (χ0v) is 10.7. The lowest BCUT2D eigenvalue weighted by Gasteiger charge is -2.07. The van der Waals surface area contributed by atoms with Crippen molar-refractivity contribution in [3.63, 3.8) is 0 Å². The van der Waals surface area contributed by atoms with E-state index in [9.17, 15) is 12.8 Å². The minimum atomic E-state index is -3.80. The largest absolute Gasteiger partial charge is 0.284 e. The van der Waals surface area contributed by atoms with Gasteiger partial charge in [0.1, 0.15) is 10.7 Å². The standard InChI is InChI=1S/C9H7BrFN3O2S/c10-6-1-2-9(8(11)3-6)14-17(15,16)7-4-12-13-5-7/h1-5,14H,(H,12,13). The van der Waals surface area contributed by atoms with E-state index in [4.69, 9.17) is 0 Å². The molecule has 0 saturated carbocycles. The lowest BCUT2D eigenvalue weighted by molar-refractivity contribution is 0.598. The van der Waals surface area contributed by atoms with Crippen LogP contribution < -0.4 is 4.72 Å². The van der Waals surface area contributed by atoms with Gasteiger partial charge in [-0.05, 0) is 18.2 Å². The summed E-state index contributed by atoms with van der Waals surface area (Å²) in [5.74, 6) is -0.661. The van der Waals surface area contributed by atoms with Gasteiger partial charge in [-0.1, -0.05) is 15.9 Å². The summed E-state index contributed by atoms with van der Waals surface area (Å²) >= 11 is 3.08. The molecule has 2 aromatic rings. The Kier molecular flexibility index (Phi) is 3.16. The van der Waals surface area contributed by atoms with Gasteiger partial charge < -0.3 is 0 Å². The molecule has 5 nitrogen and oxygen atoms in total. The molecule has 0 aliphatic carbocycles. The van der Waals surface area contributed by atoms with Gasteiger partial charge in [-0.3, -0.25) is 9.82 Å². The number of rotatable bonds is 3. The Hall–Kier alpha value is -1.41. The van der Waals surface area contributed by atoms with Crippen LogP contribution in [-0.2, 0) is 10.0 Å². The first kappa shape index (κ1) is 12.1. The second kappa shape index (κ2) is 4.46. The lowest BCUT2D eigenvalue weighted by Crippen LogP contribution is -2.13. The zero-order valence-electron chi connectivity index (χ0n) is 8.31.